The fourth-order valence-corrected chi connectivity index (χ4v) is 5.08. The minimum atomic E-state index is -1.34. The van der Waals surface area contributed by atoms with Crippen molar-refractivity contribution >= 4 is 28.7 Å². The monoisotopic (exact) mass is 541 g/mol. The van der Waals surface area contributed by atoms with Gasteiger partial charge in [0.2, 0.25) is 5.89 Å². The van der Waals surface area contributed by atoms with Crippen LogP contribution in [0.25, 0.3) is 45.1 Å². The van der Waals surface area contributed by atoms with Crippen LogP contribution in [0.5, 0.6) is 0 Å². The van der Waals surface area contributed by atoms with Crippen LogP contribution in [0.3, 0.4) is 0 Å². The molecule has 0 saturated heterocycles. The number of aromatic nitrogens is 4. The molecule has 0 spiro atoms. The number of hydrogen-bond donors (Lipinski definition) is 0. The Hall–Kier alpha value is -3.82. The zero-order valence-electron chi connectivity index (χ0n) is 22.2. The highest BCUT2D eigenvalue weighted by molar-refractivity contribution is 7.91. The molecule has 198 valence electrons. The van der Waals surface area contributed by atoms with Crippen LogP contribution in [0.15, 0.2) is 69.7 Å². The summed E-state index contributed by atoms with van der Waals surface area (Å²) in [4.78, 5) is 4.84. The van der Waals surface area contributed by atoms with Crippen LogP contribution in [0.4, 0.5) is 4.39 Å². The second-order valence-corrected chi connectivity index (χ2v) is 12.8. The maximum Gasteiger partial charge on any atom is 0.227 e. The number of halogens is 1. The normalized spacial score (nSPS) is 14.9. The molecule has 0 aliphatic heterocycles. The first-order chi connectivity index (χ1) is 18.7. The van der Waals surface area contributed by atoms with Crippen LogP contribution in [0.1, 0.15) is 50.7 Å². The van der Waals surface area contributed by atoms with Gasteiger partial charge in [-0.2, -0.15) is 0 Å². The van der Waals surface area contributed by atoms with Crippen molar-refractivity contribution in [2.45, 2.75) is 44.3 Å². The molecule has 2 aromatic heterocycles. The highest BCUT2D eigenvalue weighted by Gasteiger charge is 2.29. The average Bonchev–Trinajstić information content (AvgIpc) is 3.52. The molecule has 9 heteroatoms. The Kier molecular flexibility index (Phi) is 6.35. The standard InChI is InChI=1S/C30H28FN5O2S/c1-30(2,3)39(37)33-16-18-12-24(19-8-9-19)27-26(13-18)34-29(38-27)21-7-5-6-20(14-21)23-11-10-22(31)15-25(23)28-35-32-17-36(28)4/h5-7,10-17,19H,8-9H2,1-4H3/b33-16+. The van der Waals surface area contributed by atoms with E-state index in [1.165, 1.54) is 12.1 Å². The molecule has 1 atom stereocenters. The van der Waals surface area contributed by atoms with Crippen LogP contribution in [0, 0.1) is 5.82 Å². The van der Waals surface area contributed by atoms with Gasteiger partial charge in [-0.25, -0.2) is 9.37 Å². The molecule has 1 aliphatic carbocycles. The topological polar surface area (TPSA) is 92.2 Å². The Morgan fingerprint density at radius 3 is 2.59 bits per heavy atom. The van der Waals surface area contributed by atoms with Crippen molar-refractivity contribution in [2.75, 3.05) is 0 Å². The fourth-order valence-electron chi connectivity index (χ4n) is 4.54. The molecule has 1 aliphatic rings. The highest BCUT2D eigenvalue weighted by atomic mass is 32.2. The molecular weight excluding hydrogens is 513 g/mol. The van der Waals surface area contributed by atoms with Gasteiger partial charge in [-0.3, -0.25) is 0 Å². The summed E-state index contributed by atoms with van der Waals surface area (Å²) < 4.78 is 38.7. The number of fused-ring (bicyclic) bond motifs is 1. The summed E-state index contributed by atoms with van der Waals surface area (Å²) >= 11 is -1.34. The summed E-state index contributed by atoms with van der Waals surface area (Å²) in [6.45, 7) is 5.71. The lowest BCUT2D eigenvalue weighted by atomic mass is 9.97. The van der Waals surface area contributed by atoms with Crippen LogP contribution >= 0.6 is 0 Å². The predicted octanol–water partition coefficient (Wildman–Crippen LogP) is 6.85. The summed E-state index contributed by atoms with van der Waals surface area (Å²) in [5.41, 5.74) is 6.64. The molecular formula is C30H28FN5O2S. The lowest BCUT2D eigenvalue weighted by Gasteiger charge is -2.17. The van der Waals surface area contributed by atoms with Crippen molar-refractivity contribution in [1.29, 1.82) is 0 Å². The largest absolute Gasteiger partial charge is 0.591 e. The molecule has 0 N–H and O–H groups in total. The van der Waals surface area contributed by atoms with E-state index in [1.807, 2.05) is 58.2 Å². The lowest BCUT2D eigenvalue weighted by molar-refractivity contribution is 0.562. The van der Waals surface area contributed by atoms with Crippen molar-refractivity contribution in [1.82, 2.24) is 19.7 Å². The number of rotatable bonds is 6. The zero-order valence-corrected chi connectivity index (χ0v) is 23.0. The van der Waals surface area contributed by atoms with E-state index in [1.54, 1.807) is 23.2 Å². The maximum atomic E-state index is 14.2. The van der Waals surface area contributed by atoms with Crippen molar-refractivity contribution in [3.63, 3.8) is 0 Å². The van der Waals surface area contributed by atoms with Crippen LogP contribution in [-0.2, 0) is 18.4 Å². The van der Waals surface area contributed by atoms with Crippen molar-refractivity contribution in [3.8, 4) is 34.0 Å². The summed E-state index contributed by atoms with van der Waals surface area (Å²) in [5, 5.41) is 8.15. The molecule has 3 aromatic carbocycles. The van der Waals surface area contributed by atoms with Gasteiger partial charge in [-0.1, -0.05) is 22.6 Å². The molecule has 6 rings (SSSR count). The Labute approximate surface area is 229 Å². The van der Waals surface area contributed by atoms with Crippen molar-refractivity contribution in [2.24, 2.45) is 11.4 Å². The van der Waals surface area contributed by atoms with Gasteiger partial charge in [0.05, 0.1) is 6.21 Å². The third kappa shape index (κ3) is 5.12. The minimum absolute atomic E-state index is 0.342. The molecule has 7 nitrogen and oxygen atoms in total. The van der Waals surface area contributed by atoms with Gasteiger partial charge in [0.1, 0.15) is 33.8 Å². The van der Waals surface area contributed by atoms with E-state index in [9.17, 15) is 8.94 Å². The van der Waals surface area contributed by atoms with E-state index < -0.39 is 16.1 Å². The first kappa shape index (κ1) is 25.5. The van der Waals surface area contributed by atoms with Gasteiger partial charge in [0.25, 0.3) is 0 Å². The first-order valence-electron chi connectivity index (χ1n) is 12.8. The molecule has 1 unspecified atom stereocenters. The quantitative estimate of drug-likeness (QED) is 0.173. The maximum absolute atomic E-state index is 14.2. The van der Waals surface area contributed by atoms with Crippen LogP contribution < -0.4 is 0 Å². The number of benzene rings is 3. The molecule has 1 saturated carbocycles. The molecule has 5 aromatic rings. The molecule has 0 radical (unpaired) electrons. The summed E-state index contributed by atoms with van der Waals surface area (Å²) in [7, 11) is 1.83. The Morgan fingerprint density at radius 2 is 1.87 bits per heavy atom. The van der Waals surface area contributed by atoms with E-state index in [0.29, 0.717) is 23.2 Å². The molecule has 39 heavy (non-hydrogen) atoms. The smallest absolute Gasteiger partial charge is 0.227 e. The number of oxazole rings is 1. The number of aryl methyl sites for hydroxylation is 1. The van der Waals surface area contributed by atoms with E-state index >= 15 is 0 Å². The van der Waals surface area contributed by atoms with Crippen LogP contribution in [0.2, 0.25) is 0 Å². The second-order valence-electron chi connectivity index (χ2n) is 10.9. The SMILES string of the molecule is Cn1cnnc1-c1cc(F)ccc1-c1cccc(-c2nc3cc(/C=N/[S+]([O-])C(C)(C)C)cc(C4CC4)c3o2)c1. The van der Waals surface area contributed by atoms with Gasteiger partial charge in [-0.05, 0) is 92.6 Å². The van der Waals surface area contributed by atoms with E-state index in [-0.39, 0.29) is 5.82 Å². The predicted molar refractivity (Wildman–Crippen MR) is 152 cm³/mol. The Morgan fingerprint density at radius 1 is 1.08 bits per heavy atom. The van der Waals surface area contributed by atoms with Crippen molar-refractivity contribution in [3.05, 3.63) is 77.9 Å². The first-order valence-corrected chi connectivity index (χ1v) is 13.9. The van der Waals surface area contributed by atoms with Gasteiger partial charge >= 0.3 is 0 Å². The number of hydrogen-bond acceptors (Lipinski definition) is 6. The second kappa shape index (κ2) is 9.73. The Balaban J connectivity index is 1.41. The zero-order chi connectivity index (χ0) is 27.3. The fraction of sp³-hybridized carbons (Fsp3) is 0.267. The summed E-state index contributed by atoms with van der Waals surface area (Å²) in [6.07, 6.45) is 5.47. The summed E-state index contributed by atoms with van der Waals surface area (Å²) in [6, 6.07) is 16.5. The third-order valence-electron chi connectivity index (χ3n) is 6.73. The lowest BCUT2D eigenvalue weighted by Crippen LogP contribution is -2.25. The van der Waals surface area contributed by atoms with Crippen LogP contribution in [-0.4, -0.2) is 35.3 Å². The van der Waals surface area contributed by atoms with E-state index in [2.05, 4.69) is 20.7 Å². The van der Waals surface area contributed by atoms with Gasteiger partial charge in [0, 0.05) is 23.7 Å². The average molecular weight is 542 g/mol. The van der Waals surface area contributed by atoms with E-state index in [4.69, 9.17) is 9.40 Å². The van der Waals surface area contributed by atoms with Gasteiger partial charge < -0.3 is 13.5 Å². The minimum Gasteiger partial charge on any atom is -0.591 e. The van der Waals surface area contributed by atoms with Gasteiger partial charge in [0.15, 0.2) is 11.4 Å². The van der Waals surface area contributed by atoms with E-state index in [0.717, 1.165) is 51.8 Å². The molecule has 0 amide bonds. The van der Waals surface area contributed by atoms with Crippen molar-refractivity contribution < 1.29 is 13.4 Å². The molecule has 2 heterocycles. The third-order valence-corrected chi connectivity index (χ3v) is 8.08. The highest BCUT2D eigenvalue weighted by Crippen LogP contribution is 2.44. The molecule has 1 fully saturated rings. The van der Waals surface area contributed by atoms with Gasteiger partial charge in [-0.15, -0.1) is 10.2 Å². The molecule has 0 bridgehead atoms. The number of nitrogens with zero attached hydrogens (tertiary/aromatic N) is 5. The summed E-state index contributed by atoms with van der Waals surface area (Å²) in [5.74, 6) is 1.16. The Bertz CT molecular complexity index is 1710.